The van der Waals surface area contributed by atoms with Crippen molar-refractivity contribution in [3.63, 3.8) is 0 Å². The van der Waals surface area contributed by atoms with Crippen molar-refractivity contribution in [2.45, 2.75) is 25.8 Å². The Morgan fingerprint density at radius 2 is 1.97 bits per heavy atom. The molecule has 0 fully saturated rings. The largest absolute Gasteiger partial charge is 0.385 e. The van der Waals surface area contributed by atoms with Crippen LogP contribution in [0.5, 0.6) is 0 Å². The first-order chi connectivity index (χ1) is 17.8. The van der Waals surface area contributed by atoms with Gasteiger partial charge in [-0.25, -0.2) is 4.39 Å². The molecule has 2 aromatic carbocycles. The fraction of sp³-hybridized carbons (Fsp3) is 0.333. The van der Waals surface area contributed by atoms with E-state index in [1.807, 2.05) is 11.4 Å². The van der Waals surface area contributed by atoms with E-state index in [1.54, 1.807) is 42.4 Å². The fourth-order valence-corrected chi connectivity index (χ4v) is 5.52. The number of carbonyl (C=O) groups is 2. The number of halogens is 1. The van der Waals surface area contributed by atoms with Gasteiger partial charge in [-0.05, 0) is 60.5 Å². The van der Waals surface area contributed by atoms with Crippen molar-refractivity contribution in [3.8, 4) is 0 Å². The van der Waals surface area contributed by atoms with Crippen LogP contribution >= 0.6 is 11.3 Å². The Hall–Kier alpha value is -3.63. The molecule has 0 saturated heterocycles. The lowest BCUT2D eigenvalue weighted by atomic mass is 9.93. The lowest BCUT2D eigenvalue weighted by Crippen LogP contribution is -2.47. The third-order valence-corrected chi connectivity index (χ3v) is 7.51. The van der Waals surface area contributed by atoms with E-state index in [0.717, 1.165) is 11.1 Å². The van der Waals surface area contributed by atoms with Gasteiger partial charge in [0, 0.05) is 48.9 Å². The summed E-state index contributed by atoms with van der Waals surface area (Å²) in [6.45, 7) is 2.52. The molecule has 3 aromatic rings. The summed E-state index contributed by atoms with van der Waals surface area (Å²) in [4.78, 5) is 42.4. The van der Waals surface area contributed by atoms with Gasteiger partial charge >= 0.3 is 0 Å². The molecule has 1 aromatic heterocycles. The van der Waals surface area contributed by atoms with Gasteiger partial charge in [-0.1, -0.05) is 18.2 Å². The first kappa shape index (κ1) is 26.4. The zero-order valence-electron chi connectivity index (χ0n) is 20.7. The number of methoxy groups -OCH3 is 1. The monoisotopic (exact) mass is 525 g/mol. The number of fused-ring (bicyclic) bond motifs is 1. The molecule has 194 valence electrons. The van der Waals surface area contributed by atoms with Crippen molar-refractivity contribution in [1.82, 2.24) is 9.80 Å². The summed E-state index contributed by atoms with van der Waals surface area (Å²) in [5.41, 5.74) is 2.25. The van der Waals surface area contributed by atoms with Crippen LogP contribution in [-0.2, 0) is 16.0 Å². The van der Waals surface area contributed by atoms with Crippen LogP contribution < -0.4 is 0 Å². The van der Waals surface area contributed by atoms with Crippen molar-refractivity contribution < 1.29 is 23.6 Å². The van der Waals surface area contributed by atoms with E-state index in [1.165, 1.54) is 40.1 Å². The van der Waals surface area contributed by atoms with Crippen molar-refractivity contribution in [2.24, 2.45) is 0 Å². The van der Waals surface area contributed by atoms with Gasteiger partial charge < -0.3 is 14.5 Å². The van der Waals surface area contributed by atoms with E-state index in [4.69, 9.17) is 4.74 Å². The van der Waals surface area contributed by atoms with Crippen LogP contribution in [0.3, 0.4) is 0 Å². The highest BCUT2D eigenvalue weighted by molar-refractivity contribution is 7.10. The molecule has 1 aliphatic rings. The maximum Gasteiger partial charge on any atom is 0.273 e. The molecule has 0 N–H and O–H groups in total. The van der Waals surface area contributed by atoms with Gasteiger partial charge in [-0.2, -0.15) is 0 Å². The summed E-state index contributed by atoms with van der Waals surface area (Å²) in [6, 6.07) is 12.0. The first-order valence-corrected chi connectivity index (χ1v) is 12.8. The molecule has 10 heteroatoms. The highest BCUT2D eigenvalue weighted by atomic mass is 32.1. The summed E-state index contributed by atoms with van der Waals surface area (Å²) in [5.74, 6) is -1.07. The predicted octanol–water partition coefficient (Wildman–Crippen LogP) is 4.76. The molecule has 8 nitrogen and oxygen atoms in total. The van der Waals surface area contributed by atoms with E-state index in [2.05, 4.69) is 0 Å². The Kier molecular flexibility index (Phi) is 8.30. The quantitative estimate of drug-likeness (QED) is 0.228. The topological polar surface area (TPSA) is 93.0 Å². The number of nitrogens with zero attached hydrogens (tertiary/aromatic N) is 3. The van der Waals surface area contributed by atoms with Gasteiger partial charge in [0.05, 0.1) is 11.0 Å². The van der Waals surface area contributed by atoms with E-state index >= 15 is 0 Å². The Balaban J connectivity index is 1.62. The maximum absolute atomic E-state index is 13.7. The van der Waals surface area contributed by atoms with Gasteiger partial charge in [-0.3, -0.25) is 19.7 Å². The average molecular weight is 526 g/mol. The number of rotatable bonds is 9. The Morgan fingerprint density at radius 1 is 1.22 bits per heavy atom. The van der Waals surface area contributed by atoms with Crippen molar-refractivity contribution in [3.05, 3.63) is 97.0 Å². The minimum Gasteiger partial charge on any atom is -0.385 e. The van der Waals surface area contributed by atoms with E-state index < -0.39 is 10.8 Å². The van der Waals surface area contributed by atoms with E-state index in [-0.39, 0.29) is 42.1 Å². The Labute approximate surface area is 218 Å². The molecule has 2 amide bonds. The molecule has 37 heavy (non-hydrogen) atoms. The average Bonchev–Trinajstić information content (AvgIpc) is 3.37. The predicted molar refractivity (Wildman–Crippen MR) is 138 cm³/mol. The Bertz CT molecular complexity index is 1290. The molecule has 4 rings (SSSR count). The molecule has 0 saturated carbocycles. The van der Waals surface area contributed by atoms with Crippen molar-refractivity contribution >= 4 is 28.8 Å². The number of amides is 2. The number of carbonyl (C=O) groups excluding carboxylic acids is 2. The molecular formula is C27H28FN3O5S. The molecule has 1 atom stereocenters. The molecule has 0 bridgehead atoms. The standard InChI is InChI=1S/C27H28FN3O5S/c1-18-4-5-20(16-23(18)31(34)35)27(33)29(12-3-14-36-2)17-25(32)30-13-10-24-22(11-15-37-24)26(30)19-6-8-21(28)9-7-19/h4-9,11,15-16,26H,3,10,12-14,17H2,1-2H3. The number of aryl methyl sites for hydroxylation is 1. The van der Waals surface area contributed by atoms with Gasteiger partial charge in [0.1, 0.15) is 12.4 Å². The van der Waals surface area contributed by atoms with Crippen LogP contribution in [0.4, 0.5) is 10.1 Å². The second kappa shape index (κ2) is 11.6. The van der Waals surface area contributed by atoms with Crippen LogP contribution in [0.15, 0.2) is 53.9 Å². The molecule has 0 radical (unpaired) electrons. The molecule has 0 aliphatic carbocycles. The van der Waals surface area contributed by atoms with Crippen LogP contribution in [0.1, 0.15) is 44.4 Å². The van der Waals surface area contributed by atoms with Gasteiger partial charge in [0.2, 0.25) is 5.91 Å². The first-order valence-electron chi connectivity index (χ1n) is 11.9. The third-order valence-electron chi connectivity index (χ3n) is 6.51. The number of hydrogen-bond acceptors (Lipinski definition) is 6. The summed E-state index contributed by atoms with van der Waals surface area (Å²) >= 11 is 1.63. The number of ether oxygens (including phenoxy) is 1. The number of nitro groups is 1. The fourth-order valence-electron chi connectivity index (χ4n) is 4.62. The molecule has 1 aliphatic heterocycles. The second-order valence-corrected chi connectivity index (χ2v) is 9.92. The maximum atomic E-state index is 13.7. The Morgan fingerprint density at radius 3 is 2.68 bits per heavy atom. The van der Waals surface area contributed by atoms with Crippen molar-refractivity contribution in [1.29, 1.82) is 0 Å². The summed E-state index contributed by atoms with van der Waals surface area (Å²) < 4.78 is 18.8. The molecule has 0 spiro atoms. The van der Waals surface area contributed by atoms with Crippen LogP contribution in [0.25, 0.3) is 0 Å². The third kappa shape index (κ3) is 5.86. The summed E-state index contributed by atoms with van der Waals surface area (Å²) in [6.07, 6.45) is 1.19. The van der Waals surface area contributed by atoms with Crippen molar-refractivity contribution in [2.75, 3.05) is 33.4 Å². The zero-order chi connectivity index (χ0) is 26.5. The second-order valence-electron chi connectivity index (χ2n) is 8.92. The molecular weight excluding hydrogens is 497 g/mol. The van der Waals surface area contributed by atoms with Gasteiger partial charge in [-0.15, -0.1) is 11.3 Å². The molecule has 1 unspecified atom stereocenters. The lowest BCUT2D eigenvalue weighted by Gasteiger charge is -2.37. The van der Waals surface area contributed by atoms with Crippen LogP contribution in [0.2, 0.25) is 0 Å². The number of thiophene rings is 1. The summed E-state index contributed by atoms with van der Waals surface area (Å²) in [5, 5.41) is 13.4. The smallest absolute Gasteiger partial charge is 0.273 e. The molecule has 2 heterocycles. The van der Waals surface area contributed by atoms with Crippen LogP contribution in [-0.4, -0.2) is 59.9 Å². The summed E-state index contributed by atoms with van der Waals surface area (Å²) in [7, 11) is 1.56. The van der Waals surface area contributed by atoms with E-state index in [0.29, 0.717) is 31.6 Å². The normalized spacial score (nSPS) is 14.8. The number of hydrogen-bond donors (Lipinski definition) is 0. The minimum atomic E-state index is -0.522. The highest BCUT2D eigenvalue weighted by Crippen LogP contribution is 2.38. The zero-order valence-corrected chi connectivity index (χ0v) is 21.5. The number of benzene rings is 2. The van der Waals surface area contributed by atoms with Gasteiger partial charge in [0.25, 0.3) is 11.6 Å². The van der Waals surface area contributed by atoms with Gasteiger partial charge in [0.15, 0.2) is 0 Å². The van der Waals surface area contributed by atoms with E-state index in [9.17, 15) is 24.1 Å². The number of nitro benzene ring substituents is 1. The lowest BCUT2D eigenvalue weighted by molar-refractivity contribution is -0.385. The highest BCUT2D eigenvalue weighted by Gasteiger charge is 2.34. The van der Waals surface area contributed by atoms with Crippen LogP contribution in [0, 0.1) is 22.9 Å². The SMILES string of the molecule is COCCCN(CC(=O)N1CCc2sccc2C1c1ccc(F)cc1)C(=O)c1ccc(C)c([N+](=O)[O-])c1. The minimum absolute atomic E-state index is 0.147.